The van der Waals surface area contributed by atoms with Crippen LogP contribution < -0.4 is 5.56 Å². The van der Waals surface area contributed by atoms with E-state index >= 15 is 0 Å². The molecular formula is C15H17N5O3. The second-order valence-electron chi connectivity index (χ2n) is 5.43. The van der Waals surface area contributed by atoms with Gasteiger partial charge in [0, 0.05) is 30.8 Å². The van der Waals surface area contributed by atoms with Crippen LogP contribution in [0.15, 0.2) is 35.6 Å². The number of aromatic amines is 1. The van der Waals surface area contributed by atoms with Crippen LogP contribution in [-0.4, -0.2) is 57.3 Å². The van der Waals surface area contributed by atoms with Gasteiger partial charge in [0.15, 0.2) is 0 Å². The lowest BCUT2D eigenvalue weighted by atomic mass is 10.0. The van der Waals surface area contributed by atoms with Crippen molar-refractivity contribution in [3.8, 4) is 0 Å². The Morgan fingerprint density at radius 2 is 2.35 bits per heavy atom. The van der Waals surface area contributed by atoms with E-state index in [4.69, 9.17) is 4.74 Å². The molecule has 0 aromatic carbocycles. The van der Waals surface area contributed by atoms with E-state index in [2.05, 4.69) is 20.2 Å². The summed E-state index contributed by atoms with van der Waals surface area (Å²) in [6.45, 7) is 2.10. The van der Waals surface area contributed by atoms with Crippen LogP contribution in [0.5, 0.6) is 0 Å². The summed E-state index contributed by atoms with van der Waals surface area (Å²) in [5.74, 6) is -0.000172. The summed E-state index contributed by atoms with van der Waals surface area (Å²) in [4.78, 5) is 32.3. The normalized spacial score (nSPS) is 18.4. The topological polar surface area (TPSA) is 101 Å². The molecule has 3 heterocycles. The summed E-state index contributed by atoms with van der Waals surface area (Å²) in [5.41, 5.74) is 1.03. The summed E-state index contributed by atoms with van der Waals surface area (Å²) < 4.78 is 5.59. The fraction of sp³-hybridized carbons (Fsp3) is 0.400. The van der Waals surface area contributed by atoms with Crippen molar-refractivity contribution >= 4 is 5.91 Å². The molecule has 1 aliphatic rings. The molecule has 0 unspecified atom stereocenters. The van der Waals surface area contributed by atoms with Gasteiger partial charge in [0.25, 0.3) is 11.5 Å². The number of aromatic nitrogens is 4. The molecule has 0 spiro atoms. The highest BCUT2D eigenvalue weighted by Gasteiger charge is 2.24. The molecule has 0 saturated carbocycles. The molecule has 8 nitrogen and oxygen atoms in total. The van der Waals surface area contributed by atoms with E-state index in [0.717, 1.165) is 0 Å². The van der Waals surface area contributed by atoms with Gasteiger partial charge in [-0.15, -0.1) is 0 Å². The molecule has 3 rings (SSSR count). The fourth-order valence-electron chi connectivity index (χ4n) is 2.60. The molecular weight excluding hydrogens is 298 g/mol. The summed E-state index contributed by atoms with van der Waals surface area (Å²) in [7, 11) is 0. The Hall–Kier alpha value is -2.61. The Balaban J connectivity index is 1.71. The lowest BCUT2D eigenvalue weighted by Crippen LogP contribution is -2.36. The smallest absolute Gasteiger partial charge is 0.255 e. The van der Waals surface area contributed by atoms with Crippen molar-refractivity contribution < 1.29 is 9.53 Å². The monoisotopic (exact) mass is 315 g/mol. The summed E-state index contributed by atoms with van der Waals surface area (Å²) in [6.07, 6.45) is 4.93. The van der Waals surface area contributed by atoms with Crippen LogP contribution in [0.25, 0.3) is 0 Å². The number of amides is 1. The fourth-order valence-corrected chi connectivity index (χ4v) is 2.60. The number of rotatable bonds is 3. The van der Waals surface area contributed by atoms with Gasteiger partial charge in [-0.3, -0.25) is 9.59 Å². The summed E-state index contributed by atoms with van der Waals surface area (Å²) in [5, 5.41) is 7.43. The van der Waals surface area contributed by atoms with Crippen molar-refractivity contribution in [1.29, 1.82) is 0 Å². The number of ether oxygens (including phenoxy) is 1. The molecule has 1 saturated heterocycles. The van der Waals surface area contributed by atoms with Crippen molar-refractivity contribution in [2.45, 2.75) is 6.42 Å². The van der Waals surface area contributed by atoms with Crippen molar-refractivity contribution in [3.05, 3.63) is 52.5 Å². The second kappa shape index (κ2) is 7.10. The minimum absolute atomic E-state index is 0.0885. The summed E-state index contributed by atoms with van der Waals surface area (Å²) in [6, 6.07) is 3.12. The second-order valence-corrected chi connectivity index (χ2v) is 5.43. The van der Waals surface area contributed by atoms with Crippen LogP contribution >= 0.6 is 0 Å². The molecule has 1 amide bonds. The molecule has 2 aromatic heterocycles. The number of hydrogen-bond donors (Lipinski definition) is 1. The average molecular weight is 315 g/mol. The highest BCUT2D eigenvalue weighted by atomic mass is 16.5. The number of carbonyl (C=O) groups is 1. The molecule has 120 valence electrons. The molecule has 1 N–H and O–H groups in total. The molecule has 0 bridgehead atoms. The van der Waals surface area contributed by atoms with Crippen LogP contribution in [-0.2, 0) is 11.2 Å². The highest BCUT2D eigenvalue weighted by Crippen LogP contribution is 2.14. The predicted octanol–water partition coefficient (Wildman–Crippen LogP) is -0.109. The zero-order chi connectivity index (χ0) is 16.1. The van der Waals surface area contributed by atoms with Gasteiger partial charge in [-0.2, -0.15) is 10.2 Å². The first-order valence-corrected chi connectivity index (χ1v) is 7.39. The Kier molecular flexibility index (Phi) is 4.72. The van der Waals surface area contributed by atoms with Crippen LogP contribution in [0.2, 0.25) is 0 Å². The Morgan fingerprint density at radius 3 is 3.13 bits per heavy atom. The Bertz CT molecular complexity index is 718. The number of hydrogen-bond acceptors (Lipinski definition) is 6. The van der Waals surface area contributed by atoms with Crippen molar-refractivity contribution in [3.63, 3.8) is 0 Å². The van der Waals surface area contributed by atoms with E-state index in [1.54, 1.807) is 11.0 Å². The number of nitrogens with one attached hydrogen (secondary N) is 1. The van der Waals surface area contributed by atoms with Crippen LogP contribution in [0.3, 0.4) is 0 Å². The summed E-state index contributed by atoms with van der Waals surface area (Å²) >= 11 is 0. The molecule has 1 atom stereocenters. The third-order valence-corrected chi connectivity index (χ3v) is 3.69. The maximum absolute atomic E-state index is 12.5. The lowest BCUT2D eigenvalue weighted by Gasteiger charge is -2.23. The van der Waals surface area contributed by atoms with Gasteiger partial charge in [-0.25, -0.2) is 4.98 Å². The third-order valence-electron chi connectivity index (χ3n) is 3.69. The van der Waals surface area contributed by atoms with Gasteiger partial charge < -0.3 is 14.6 Å². The molecule has 1 fully saturated rings. The maximum Gasteiger partial charge on any atom is 0.255 e. The predicted molar refractivity (Wildman–Crippen MR) is 80.8 cm³/mol. The number of carbonyl (C=O) groups excluding carboxylic acids is 1. The first-order valence-electron chi connectivity index (χ1n) is 7.39. The van der Waals surface area contributed by atoms with Gasteiger partial charge in [-0.05, 0) is 12.5 Å². The largest absolute Gasteiger partial charge is 0.379 e. The lowest BCUT2D eigenvalue weighted by molar-refractivity contribution is 0.0736. The van der Waals surface area contributed by atoms with Crippen molar-refractivity contribution in [2.24, 2.45) is 5.92 Å². The third kappa shape index (κ3) is 3.98. The van der Waals surface area contributed by atoms with E-state index in [-0.39, 0.29) is 17.4 Å². The Labute approximate surface area is 132 Å². The van der Waals surface area contributed by atoms with Crippen LogP contribution in [0, 0.1) is 5.92 Å². The number of H-pyrrole nitrogens is 1. The number of nitrogens with zero attached hydrogens (tertiary/aromatic N) is 4. The maximum atomic E-state index is 12.5. The van der Waals surface area contributed by atoms with Gasteiger partial charge in [-0.1, -0.05) is 0 Å². The molecule has 0 radical (unpaired) electrons. The van der Waals surface area contributed by atoms with Crippen molar-refractivity contribution in [1.82, 2.24) is 25.1 Å². The van der Waals surface area contributed by atoms with Gasteiger partial charge in [0.05, 0.1) is 37.5 Å². The minimum Gasteiger partial charge on any atom is -0.379 e. The van der Waals surface area contributed by atoms with E-state index < -0.39 is 0 Å². The quantitative estimate of drug-likeness (QED) is 0.848. The minimum atomic E-state index is -0.180. The highest BCUT2D eigenvalue weighted by molar-refractivity contribution is 5.93. The van der Waals surface area contributed by atoms with Crippen molar-refractivity contribution in [2.75, 3.05) is 26.3 Å². The van der Waals surface area contributed by atoms with E-state index in [1.165, 1.54) is 24.8 Å². The van der Waals surface area contributed by atoms with Gasteiger partial charge >= 0.3 is 0 Å². The zero-order valence-electron chi connectivity index (χ0n) is 12.5. The van der Waals surface area contributed by atoms with Crippen LogP contribution in [0.4, 0.5) is 0 Å². The SMILES string of the molecule is O=C(c1ccnnc1)N1CCOC[C@@H](Cc2cc(=O)[nH]cn2)C1. The first kappa shape index (κ1) is 15.3. The van der Waals surface area contributed by atoms with E-state index in [0.29, 0.717) is 44.0 Å². The molecule has 8 heteroatoms. The van der Waals surface area contributed by atoms with E-state index in [9.17, 15) is 9.59 Å². The van der Waals surface area contributed by atoms with Gasteiger partial charge in [0.1, 0.15) is 0 Å². The molecule has 2 aromatic rings. The average Bonchev–Trinajstić information content (AvgIpc) is 2.80. The van der Waals surface area contributed by atoms with Gasteiger partial charge in [0.2, 0.25) is 0 Å². The first-order chi connectivity index (χ1) is 11.2. The van der Waals surface area contributed by atoms with E-state index in [1.807, 2.05) is 0 Å². The van der Waals surface area contributed by atoms with Crippen LogP contribution in [0.1, 0.15) is 16.1 Å². The molecule has 23 heavy (non-hydrogen) atoms. The molecule has 0 aliphatic carbocycles. The Morgan fingerprint density at radius 1 is 1.43 bits per heavy atom. The standard InChI is InChI=1S/C15H17N5O3/c21-14-6-13(16-10-17-14)5-11-8-20(3-4-23-9-11)15(22)12-1-2-18-19-7-12/h1-2,6-7,10-11H,3-5,8-9H2,(H,16,17,21)/t11-/m0/s1. The molecule has 1 aliphatic heterocycles. The zero-order valence-corrected chi connectivity index (χ0v) is 12.5.